The van der Waals surface area contributed by atoms with Gasteiger partial charge in [0.05, 0.1) is 5.75 Å². The van der Waals surface area contributed by atoms with Gasteiger partial charge >= 0.3 is 0 Å². The SMILES string of the molecule is CSc1cccc(NC(=O)CSCc2c(C)cc(C)c(C(C)=O)c2C)c1. The molecule has 0 aliphatic carbocycles. The lowest BCUT2D eigenvalue weighted by Gasteiger charge is -2.15. The summed E-state index contributed by atoms with van der Waals surface area (Å²) in [5, 5.41) is 2.94. The molecule has 0 saturated carbocycles. The lowest BCUT2D eigenvalue weighted by molar-refractivity contribution is -0.113. The minimum Gasteiger partial charge on any atom is -0.325 e. The van der Waals surface area contributed by atoms with Crippen LogP contribution in [0.4, 0.5) is 5.69 Å². The Morgan fingerprint density at radius 3 is 2.46 bits per heavy atom. The first-order valence-electron chi connectivity index (χ1n) is 8.45. The number of carbonyl (C=O) groups excluding carboxylic acids is 2. The molecule has 26 heavy (non-hydrogen) atoms. The van der Waals surface area contributed by atoms with Crippen LogP contribution in [0, 0.1) is 20.8 Å². The van der Waals surface area contributed by atoms with Gasteiger partial charge in [-0.1, -0.05) is 12.1 Å². The van der Waals surface area contributed by atoms with E-state index >= 15 is 0 Å². The third kappa shape index (κ3) is 5.15. The molecule has 0 fully saturated rings. The van der Waals surface area contributed by atoms with Crippen LogP contribution in [0.15, 0.2) is 35.2 Å². The zero-order valence-corrected chi connectivity index (χ0v) is 17.6. The van der Waals surface area contributed by atoms with Gasteiger partial charge in [0.2, 0.25) is 5.91 Å². The minimum atomic E-state index is -0.0116. The number of hydrogen-bond acceptors (Lipinski definition) is 4. The normalized spacial score (nSPS) is 10.7. The van der Waals surface area contributed by atoms with Gasteiger partial charge in [0.1, 0.15) is 0 Å². The van der Waals surface area contributed by atoms with Crippen molar-refractivity contribution < 1.29 is 9.59 Å². The van der Waals surface area contributed by atoms with Gasteiger partial charge in [0, 0.05) is 21.9 Å². The van der Waals surface area contributed by atoms with Crippen LogP contribution in [0.5, 0.6) is 0 Å². The Labute approximate surface area is 164 Å². The Balaban J connectivity index is 2.00. The van der Waals surface area contributed by atoms with Crippen molar-refractivity contribution >= 4 is 40.9 Å². The van der Waals surface area contributed by atoms with E-state index in [-0.39, 0.29) is 11.7 Å². The van der Waals surface area contributed by atoms with Crippen LogP contribution in [0.1, 0.15) is 39.5 Å². The Bertz CT molecular complexity index is 831. The number of rotatable bonds is 7. The molecule has 0 radical (unpaired) electrons. The molecule has 0 bridgehead atoms. The first kappa shape index (κ1) is 20.6. The molecule has 138 valence electrons. The monoisotopic (exact) mass is 387 g/mol. The summed E-state index contributed by atoms with van der Waals surface area (Å²) in [4.78, 5) is 25.2. The van der Waals surface area contributed by atoms with Crippen LogP contribution >= 0.6 is 23.5 Å². The number of anilines is 1. The molecular formula is C21H25NO2S2. The molecule has 0 aliphatic rings. The second-order valence-electron chi connectivity index (χ2n) is 6.32. The lowest BCUT2D eigenvalue weighted by atomic mass is 9.92. The largest absolute Gasteiger partial charge is 0.325 e. The molecule has 0 spiro atoms. The topological polar surface area (TPSA) is 46.2 Å². The van der Waals surface area contributed by atoms with Crippen molar-refractivity contribution in [3.63, 3.8) is 0 Å². The number of thioether (sulfide) groups is 2. The molecule has 5 heteroatoms. The van der Waals surface area contributed by atoms with Crippen LogP contribution in [0.3, 0.4) is 0 Å². The average molecular weight is 388 g/mol. The smallest absolute Gasteiger partial charge is 0.234 e. The summed E-state index contributed by atoms with van der Waals surface area (Å²) in [7, 11) is 0. The summed E-state index contributed by atoms with van der Waals surface area (Å²) in [6, 6.07) is 9.89. The van der Waals surface area contributed by atoms with Crippen molar-refractivity contribution in [2.75, 3.05) is 17.3 Å². The fourth-order valence-electron chi connectivity index (χ4n) is 3.13. The van der Waals surface area contributed by atoms with Gasteiger partial charge in [0.25, 0.3) is 0 Å². The maximum atomic E-state index is 12.2. The molecule has 0 atom stereocenters. The molecule has 3 nitrogen and oxygen atoms in total. The number of aryl methyl sites for hydroxylation is 2. The molecule has 0 unspecified atom stereocenters. The predicted octanol–water partition coefficient (Wildman–Crippen LogP) is 5.41. The number of carbonyl (C=O) groups is 2. The fourth-order valence-corrected chi connectivity index (χ4v) is 4.60. The number of hydrogen-bond donors (Lipinski definition) is 1. The van der Waals surface area contributed by atoms with E-state index in [2.05, 4.69) is 18.3 Å². The number of amides is 1. The van der Waals surface area contributed by atoms with Crippen molar-refractivity contribution in [3.05, 3.63) is 58.1 Å². The molecular weight excluding hydrogens is 362 g/mol. The summed E-state index contributed by atoms with van der Waals surface area (Å²) in [5.41, 5.74) is 6.02. The molecule has 0 heterocycles. The molecule has 1 N–H and O–H groups in total. The van der Waals surface area contributed by atoms with E-state index in [9.17, 15) is 9.59 Å². The summed E-state index contributed by atoms with van der Waals surface area (Å²) in [5.74, 6) is 1.18. The average Bonchev–Trinajstić information content (AvgIpc) is 2.57. The Morgan fingerprint density at radius 2 is 1.81 bits per heavy atom. The van der Waals surface area contributed by atoms with Gasteiger partial charge in [-0.15, -0.1) is 23.5 Å². The Morgan fingerprint density at radius 1 is 1.08 bits per heavy atom. The van der Waals surface area contributed by atoms with Crippen molar-refractivity contribution in [2.24, 2.45) is 0 Å². The van der Waals surface area contributed by atoms with Gasteiger partial charge in [-0.2, -0.15) is 0 Å². The third-order valence-electron chi connectivity index (χ3n) is 4.32. The quantitative estimate of drug-likeness (QED) is 0.510. The van der Waals surface area contributed by atoms with E-state index in [1.54, 1.807) is 30.4 Å². The first-order valence-corrected chi connectivity index (χ1v) is 10.8. The first-order chi connectivity index (χ1) is 12.3. The van der Waals surface area contributed by atoms with E-state index in [0.717, 1.165) is 38.6 Å². The molecule has 1 amide bonds. The fraction of sp³-hybridized carbons (Fsp3) is 0.333. The van der Waals surface area contributed by atoms with Crippen LogP contribution in [0.2, 0.25) is 0 Å². The zero-order chi connectivity index (χ0) is 19.3. The number of Topliss-reactive ketones (excluding diaryl/α,β-unsaturated/α-hetero) is 1. The number of ketones is 1. The summed E-state index contributed by atoms with van der Waals surface area (Å²) < 4.78 is 0. The van der Waals surface area contributed by atoms with Crippen LogP contribution in [-0.4, -0.2) is 23.7 Å². The van der Waals surface area contributed by atoms with E-state index in [1.807, 2.05) is 44.4 Å². The molecule has 2 aromatic carbocycles. The van der Waals surface area contributed by atoms with Crippen LogP contribution in [-0.2, 0) is 10.5 Å². The molecule has 2 rings (SSSR count). The van der Waals surface area contributed by atoms with Gasteiger partial charge in [-0.3, -0.25) is 9.59 Å². The van der Waals surface area contributed by atoms with Crippen molar-refractivity contribution in [3.8, 4) is 0 Å². The van der Waals surface area contributed by atoms with Gasteiger partial charge in [0.15, 0.2) is 5.78 Å². The highest BCUT2D eigenvalue weighted by Gasteiger charge is 2.14. The maximum absolute atomic E-state index is 12.2. The van der Waals surface area contributed by atoms with Crippen LogP contribution in [0.25, 0.3) is 0 Å². The van der Waals surface area contributed by atoms with Gasteiger partial charge in [-0.25, -0.2) is 0 Å². The maximum Gasteiger partial charge on any atom is 0.234 e. The molecule has 0 aromatic heterocycles. The highest BCUT2D eigenvalue weighted by Crippen LogP contribution is 2.26. The Hall–Kier alpha value is -1.72. The van der Waals surface area contributed by atoms with E-state index < -0.39 is 0 Å². The van der Waals surface area contributed by atoms with Crippen molar-refractivity contribution in [1.29, 1.82) is 0 Å². The Kier molecular flexibility index (Phi) is 7.35. The highest BCUT2D eigenvalue weighted by atomic mass is 32.2. The van der Waals surface area contributed by atoms with Crippen LogP contribution < -0.4 is 5.32 Å². The number of benzene rings is 2. The zero-order valence-electron chi connectivity index (χ0n) is 15.9. The molecule has 0 saturated heterocycles. The van der Waals surface area contributed by atoms with Gasteiger partial charge in [-0.05, 0) is 74.4 Å². The standard InChI is InChI=1S/C21H25NO2S2/c1-13-9-14(2)21(16(4)23)15(3)19(13)11-26-12-20(24)22-17-7-6-8-18(10-17)25-5/h6-10H,11-12H2,1-5H3,(H,22,24). The van der Waals surface area contributed by atoms with Gasteiger partial charge < -0.3 is 5.32 Å². The highest BCUT2D eigenvalue weighted by molar-refractivity contribution is 7.99. The molecule has 0 aliphatic heterocycles. The van der Waals surface area contributed by atoms with Crippen molar-refractivity contribution in [2.45, 2.75) is 38.3 Å². The third-order valence-corrected chi connectivity index (χ3v) is 6.00. The molecule has 2 aromatic rings. The lowest BCUT2D eigenvalue weighted by Crippen LogP contribution is -2.14. The summed E-state index contributed by atoms with van der Waals surface area (Å²) >= 11 is 3.22. The summed E-state index contributed by atoms with van der Waals surface area (Å²) in [6.45, 7) is 7.65. The predicted molar refractivity (Wildman–Crippen MR) is 114 cm³/mol. The number of nitrogens with one attached hydrogen (secondary N) is 1. The summed E-state index contributed by atoms with van der Waals surface area (Å²) in [6.07, 6.45) is 2.01. The van der Waals surface area contributed by atoms with E-state index in [0.29, 0.717) is 5.75 Å². The van der Waals surface area contributed by atoms with E-state index in [1.165, 1.54) is 5.56 Å². The van der Waals surface area contributed by atoms with Crippen molar-refractivity contribution in [1.82, 2.24) is 0 Å². The second-order valence-corrected chi connectivity index (χ2v) is 8.18. The minimum absolute atomic E-state index is 0.0116. The van der Waals surface area contributed by atoms with E-state index in [4.69, 9.17) is 0 Å². The second kappa shape index (κ2) is 9.28.